The second-order valence-corrected chi connectivity index (χ2v) is 4.26. The van der Waals surface area contributed by atoms with Crippen molar-refractivity contribution in [2.24, 2.45) is 0 Å². The first-order valence-corrected chi connectivity index (χ1v) is 5.65. The zero-order valence-corrected chi connectivity index (χ0v) is 9.96. The number of hydrogen-bond acceptors (Lipinski definition) is 5. The fourth-order valence-corrected chi connectivity index (χ4v) is 2.11. The molecule has 1 heterocycles. The summed E-state index contributed by atoms with van der Waals surface area (Å²) in [5.74, 6) is -0.166. The van der Waals surface area contributed by atoms with E-state index in [0.717, 1.165) is 11.3 Å². The number of amides is 1. The molecule has 0 radical (unpaired) electrons. The average Bonchev–Trinajstić information content (AvgIpc) is 2.56. The van der Waals surface area contributed by atoms with Gasteiger partial charge in [0, 0.05) is 13.1 Å². The van der Waals surface area contributed by atoms with Crippen LogP contribution in [0, 0.1) is 6.92 Å². The minimum absolute atomic E-state index is 0.0765. The molecule has 5 nitrogen and oxygen atoms in total. The van der Waals surface area contributed by atoms with Gasteiger partial charge in [0.1, 0.15) is 4.88 Å². The lowest BCUT2D eigenvalue weighted by molar-refractivity contribution is 0.0746. The SMILES string of the molecule is C=CCN(CCO)C(=O)c1sc(N)nc1C. The van der Waals surface area contributed by atoms with E-state index in [-0.39, 0.29) is 19.1 Å². The van der Waals surface area contributed by atoms with E-state index in [9.17, 15) is 4.79 Å². The molecule has 1 aromatic heterocycles. The Balaban J connectivity index is 2.89. The molecule has 1 rings (SSSR count). The van der Waals surface area contributed by atoms with Crippen molar-refractivity contribution in [1.82, 2.24) is 9.88 Å². The number of hydrogen-bond donors (Lipinski definition) is 2. The first-order chi connectivity index (χ1) is 7.60. The first kappa shape index (κ1) is 12.7. The standard InChI is InChI=1S/C10H15N3O2S/c1-3-4-13(5-6-14)9(15)8-7(2)12-10(11)16-8/h3,14H,1,4-6H2,2H3,(H2,11,12). The maximum atomic E-state index is 12.0. The molecule has 0 bridgehead atoms. The molecule has 1 aromatic rings. The lowest BCUT2D eigenvalue weighted by atomic mass is 10.3. The zero-order chi connectivity index (χ0) is 12.1. The number of aliphatic hydroxyl groups is 1. The highest BCUT2D eigenvalue weighted by atomic mass is 32.1. The summed E-state index contributed by atoms with van der Waals surface area (Å²) in [7, 11) is 0. The minimum atomic E-state index is -0.166. The van der Waals surface area contributed by atoms with Crippen molar-refractivity contribution >= 4 is 22.4 Å². The highest BCUT2D eigenvalue weighted by Crippen LogP contribution is 2.21. The van der Waals surface area contributed by atoms with Crippen molar-refractivity contribution in [3.63, 3.8) is 0 Å². The van der Waals surface area contributed by atoms with Gasteiger partial charge in [-0.25, -0.2) is 4.98 Å². The van der Waals surface area contributed by atoms with Crippen molar-refractivity contribution < 1.29 is 9.90 Å². The Kier molecular flexibility index (Phi) is 4.45. The average molecular weight is 241 g/mol. The second kappa shape index (κ2) is 5.62. The zero-order valence-electron chi connectivity index (χ0n) is 9.14. The van der Waals surface area contributed by atoms with E-state index in [4.69, 9.17) is 10.8 Å². The molecule has 3 N–H and O–H groups in total. The third-order valence-electron chi connectivity index (χ3n) is 2.01. The van der Waals surface area contributed by atoms with E-state index in [0.29, 0.717) is 22.2 Å². The molecule has 0 saturated heterocycles. The van der Waals surface area contributed by atoms with E-state index in [2.05, 4.69) is 11.6 Å². The van der Waals surface area contributed by atoms with Crippen molar-refractivity contribution in [2.75, 3.05) is 25.4 Å². The third kappa shape index (κ3) is 2.80. The number of nitrogens with two attached hydrogens (primary N) is 1. The largest absolute Gasteiger partial charge is 0.395 e. The number of rotatable bonds is 5. The Morgan fingerprint density at radius 1 is 1.75 bits per heavy atom. The van der Waals surface area contributed by atoms with Gasteiger partial charge in [-0.2, -0.15) is 0 Å². The Morgan fingerprint density at radius 2 is 2.44 bits per heavy atom. The lowest BCUT2D eigenvalue weighted by Crippen LogP contribution is -2.33. The van der Waals surface area contributed by atoms with E-state index in [1.807, 2.05) is 0 Å². The van der Waals surface area contributed by atoms with Gasteiger partial charge in [0.25, 0.3) is 5.91 Å². The molecule has 0 aliphatic rings. The van der Waals surface area contributed by atoms with E-state index < -0.39 is 0 Å². The highest BCUT2D eigenvalue weighted by molar-refractivity contribution is 7.17. The molecule has 0 saturated carbocycles. The predicted molar refractivity (Wildman–Crippen MR) is 64.4 cm³/mol. The van der Waals surface area contributed by atoms with Gasteiger partial charge in [0.2, 0.25) is 0 Å². The molecule has 6 heteroatoms. The quantitative estimate of drug-likeness (QED) is 0.742. The second-order valence-electron chi connectivity index (χ2n) is 3.23. The van der Waals surface area contributed by atoms with Gasteiger partial charge in [0.05, 0.1) is 12.3 Å². The topological polar surface area (TPSA) is 79.5 Å². The predicted octanol–water partition coefficient (Wildman–Crippen LogP) is 0.654. The van der Waals surface area contributed by atoms with Crippen LogP contribution in [-0.2, 0) is 0 Å². The van der Waals surface area contributed by atoms with Crippen LogP contribution >= 0.6 is 11.3 Å². The maximum Gasteiger partial charge on any atom is 0.266 e. The molecule has 0 atom stereocenters. The van der Waals surface area contributed by atoms with Crippen LogP contribution in [0.3, 0.4) is 0 Å². The van der Waals surface area contributed by atoms with Gasteiger partial charge in [-0.1, -0.05) is 17.4 Å². The Bertz CT molecular complexity index is 389. The molecule has 0 aliphatic heterocycles. The van der Waals surface area contributed by atoms with Crippen LogP contribution in [0.2, 0.25) is 0 Å². The van der Waals surface area contributed by atoms with Crippen molar-refractivity contribution in [1.29, 1.82) is 0 Å². The van der Waals surface area contributed by atoms with Crippen molar-refractivity contribution in [3.05, 3.63) is 23.2 Å². The number of nitrogens with zero attached hydrogens (tertiary/aromatic N) is 2. The third-order valence-corrected chi connectivity index (χ3v) is 2.99. The number of anilines is 1. The summed E-state index contributed by atoms with van der Waals surface area (Å²) in [5.41, 5.74) is 6.16. The van der Waals surface area contributed by atoms with Crippen molar-refractivity contribution in [3.8, 4) is 0 Å². The van der Waals surface area contributed by atoms with Gasteiger partial charge < -0.3 is 15.7 Å². The van der Waals surface area contributed by atoms with E-state index in [1.165, 1.54) is 4.90 Å². The maximum absolute atomic E-state index is 12.0. The summed E-state index contributed by atoms with van der Waals surface area (Å²) in [5, 5.41) is 9.25. The Morgan fingerprint density at radius 3 is 2.88 bits per heavy atom. The monoisotopic (exact) mass is 241 g/mol. The van der Waals surface area contributed by atoms with Crippen LogP contribution in [0.1, 0.15) is 15.4 Å². The van der Waals surface area contributed by atoms with Gasteiger partial charge in [0.15, 0.2) is 5.13 Å². The minimum Gasteiger partial charge on any atom is -0.395 e. The van der Waals surface area contributed by atoms with E-state index >= 15 is 0 Å². The molecule has 0 fully saturated rings. The fourth-order valence-electron chi connectivity index (χ4n) is 1.31. The Hall–Kier alpha value is -1.40. The number of aromatic nitrogens is 1. The van der Waals surface area contributed by atoms with Crippen molar-refractivity contribution in [2.45, 2.75) is 6.92 Å². The molecule has 0 spiro atoms. The first-order valence-electron chi connectivity index (χ1n) is 4.84. The van der Waals surface area contributed by atoms with Gasteiger partial charge in [-0.15, -0.1) is 6.58 Å². The number of nitrogen functional groups attached to an aromatic ring is 1. The highest BCUT2D eigenvalue weighted by Gasteiger charge is 2.19. The number of carbonyl (C=O) groups excluding carboxylic acids is 1. The van der Waals surface area contributed by atoms with Crippen LogP contribution in [0.4, 0.5) is 5.13 Å². The summed E-state index contributed by atoms with van der Waals surface area (Å²) >= 11 is 1.16. The summed E-state index contributed by atoms with van der Waals surface area (Å²) in [6.45, 7) is 5.92. The fraction of sp³-hybridized carbons (Fsp3) is 0.400. The summed E-state index contributed by atoms with van der Waals surface area (Å²) in [6, 6.07) is 0. The molecule has 0 aliphatic carbocycles. The van der Waals surface area contributed by atoms with Crippen LogP contribution < -0.4 is 5.73 Å². The van der Waals surface area contributed by atoms with Gasteiger partial charge >= 0.3 is 0 Å². The molecule has 16 heavy (non-hydrogen) atoms. The summed E-state index contributed by atoms with van der Waals surface area (Å²) < 4.78 is 0. The molecule has 0 unspecified atom stereocenters. The molecular formula is C10H15N3O2S. The number of carbonyl (C=O) groups is 1. The summed E-state index contributed by atoms with van der Waals surface area (Å²) in [6.07, 6.45) is 1.62. The smallest absolute Gasteiger partial charge is 0.266 e. The van der Waals surface area contributed by atoms with Crippen LogP contribution in [-0.4, -0.2) is 40.6 Å². The number of aryl methyl sites for hydroxylation is 1. The summed E-state index contributed by atoms with van der Waals surface area (Å²) in [4.78, 5) is 18.1. The van der Waals surface area contributed by atoms with Gasteiger partial charge in [-0.05, 0) is 6.92 Å². The molecule has 0 aromatic carbocycles. The van der Waals surface area contributed by atoms with E-state index in [1.54, 1.807) is 13.0 Å². The number of aliphatic hydroxyl groups excluding tert-OH is 1. The molecule has 88 valence electrons. The normalized spacial score (nSPS) is 10.1. The molecule has 1 amide bonds. The Labute approximate surface area is 98.2 Å². The van der Waals surface area contributed by atoms with Crippen LogP contribution in [0.5, 0.6) is 0 Å². The van der Waals surface area contributed by atoms with Crippen LogP contribution in [0.25, 0.3) is 0 Å². The van der Waals surface area contributed by atoms with Crippen LogP contribution in [0.15, 0.2) is 12.7 Å². The van der Waals surface area contributed by atoms with Gasteiger partial charge in [-0.3, -0.25) is 4.79 Å². The number of thiazole rings is 1. The lowest BCUT2D eigenvalue weighted by Gasteiger charge is -2.19. The molecular weight excluding hydrogens is 226 g/mol.